The summed E-state index contributed by atoms with van der Waals surface area (Å²) in [7, 11) is 0. The Morgan fingerprint density at radius 2 is 2.27 bits per heavy atom. The molecule has 2 aliphatic rings. The monoisotopic (exact) mass is 156 g/mol. The van der Waals surface area contributed by atoms with Gasteiger partial charge in [-0.2, -0.15) is 0 Å². The Labute approximate surface area is 67.5 Å². The van der Waals surface area contributed by atoms with E-state index in [9.17, 15) is 0 Å². The first kappa shape index (κ1) is 7.53. The Bertz CT molecular complexity index is 136. The lowest BCUT2D eigenvalue weighted by Crippen LogP contribution is -2.46. The molecule has 1 aliphatic heterocycles. The maximum Gasteiger partial charge on any atom is 0.0824 e. The molecule has 2 rings (SSSR count). The highest BCUT2D eigenvalue weighted by atomic mass is 16.5. The molecule has 2 fully saturated rings. The summed E-state index contributed by atoms with van der Waals surface area (Å²) < 4.78 is 5.47. The van der Waals surface area contributed by atoms with E-state index in [2.05, 4.69) is 4.90 Å². The third-order valence-electron chi connectivity index (χ3n) is 2.50. The molecule has 1 aliphatic carbocycles. The molecule has 1 saturated carbocycles. The molecule has 0 radical (unpaired) electrons. The fourth-order valence-corrected chi connectivity index (χ4v) is 1.66. The lowest BCUT2D eigenvalue weighted by molar-refractivity contribution is -0.0261. The molecule has 0 aromatic carbocycles. The van der Waals surface area contributed by atoms with E-state index in [-0.39, 0.29) is 0 Å². The second-order valence-corrected chi connectivity index (χ2v) is 3.45. The molecule has 1 heterocycles. The van der Waals surface area contributed by atoms with Crippen LogP contribution in [0.5, 0.6) is 0 Å². The molecule has 3 heteroatoms. The molecule has 11 heavy (non-hydrogen) atoms. The topological polar surface area (TPSA) is 38.5 Å². The molecule has 0 aromatic rings. The van der Waals surface area contributed by atoms with Gasteiger partial charge in [-0.3, -0.25) is 4.90 Å². The van der Waals surface area contributed by atoms with E-state index in [4.69, 9.17) is 10.5 Å². The molecule has 1 atom stereocenters. The van der Waals surface area contributed by atoms with Crippen LogP contribution in [0, 0.1) is 0 Å². The summed E-state index contributed by atoms with van der Waals surface area (Å²) in [6, 6.07) is 0.868. The molecular weight excluding hydrogens is 140 g/mol. The molecule has 0 aromatic heterocycles. The van der Waals surface area contributed by atoms with Crippen molar-refractivity contribution in [3.8, 4) is 0 Å². The molecule has 0 unspecified atom stereocenters. The second kappa shape index (κ2) is 3.09. The van der Waals surface area contributed by atoms with Crippen LogP contribution in [0.1, 0.15) is 12.8 Å². The molecule has 0 bridgehead atoms. The van der Waals surface area contributed by atoms with E-state index in [0.717, 1.165) is 25.7 Å². The average Bonchev–Trinajstić information content (AvgIpc) is 2.87. The van der Waals surface area contributed by atoms with Gasteiger partial charge in [-0.25, -0.2) is 0 Å². The van der Waals surface area contributed by atoms with Crippen molar-refractivity contribution < 1.29 is 4.74 Å². The zero-order chi connectivity index (χ0) is 7.68. The summed E-state index contributed by atoms with van der Waals surface area (Å²) in [5, 5.41) is 0. The van der Waals surface area contributed by atoms with Crippen molar-refractivity contribution in [2.45, 2.75) is 25.0 Å². The van der Waals surface area contributed by atoms with Crippen molar-refractivity contribution in [2.24, 2.45) is 5.73 Å². The van der Waals surface area contributed by atoms with Crippen molar-refractivity contribution in [3.05, 3.63) is 0 Å². The minimum absolute atomic E-state index is 0.296. The maximum atomic E-state index is 5.53. The summed E-state index contributed by atoms with van der Waals surface area (Å²) in [6.45, 7) is 3.71. The van der Waals surface area contributed by atoms with Gasteiger partial charge >= 0.3 is 0 Å². The lowest BCUT2D eigenvalue weighted by Gasteiger charge is -2.32. The van der Waals surface area contributed by atoms with Gasteiger partial charge in [0.1, 0.15) is 0 Å². The Balaban J connectivity index is 1.82. The fourth-order valence-electron chi connectivity index (χ4n) is 1.66. The van der Waals surface area contributed by atoms with Gasteiger partial charge in [-0.15, -0.1) is 0 Å². The van der Waals surface area contributed by atoms with Gasteiger partial charge in [0.05, 0.1) is 12.7 Å². The van der Waals surface area contributed by atoms with Crippen LogP contribution >= 0.6 is 0 Å². The van der Waals surface area contributed by atoms with Gasteiger partial charge in [0.15, 0.2) is 0 Å². The summed E-state index contributed by atoms with van der Waals surface area (Å²) in [4.78, 5) is 2.51. The minimum Gasteiger partial charge on any atom is -0.374 e. The number of hydrogen-bond acceptors (Lipinski definition) is 3. The number of rotatable bonds is 2. The molecule has 2 N–H and O–H groups in total. The van der Waals surface area contributed by atoms with Crippen LogP contribution in [0.15, 0.2) is 0 Å². The van der Waals surface area contributed by atoms with Crippen LogP contribution < -0.4 is 5.73 Å². The first-order valence-electron chi connectivity index (χ1n) is 4.46. The van der Waals surface area contributed by atoms with Crippen molar-refractivity contribution >= 4 is 0 Å². The second-order valence-electron chi connectivity index (χ2n) is 3.45. The van der Waals surface area contributed by atoms with E-state index in [1.54, 1.807) is 0 Å². The third kappa shape index (κ3) is 1.72. The zero-order valence-electron chi connectivity index (χ0n) is 6.83. The Morgan fingerprint density at radius 3 is 2.91 bits per heavy atom. The number of morpholine rings is 1. The zero-order valence-corrected chi connectivity index (χ0v) is 6.83. The largest absolute Gasteiger partial charge is 0.374 e. The quantitative estimate of drug-likeness (QED) is 0.602. The van der Waals surface area contributed by atoms with Gasteiger partial charge in [0.25, 0.3) is 0 Å². The Morgan fingerprint density at radius 1 is 1.45 bits per heavy atom. The van der Waals surface area contributed by atoms with Gasteiger partial charge in [0.2, 0.25) is 0 Å². The number of hydrogen-bond donors (Lipinski definition) is 1. The first-order chi connectivity index (χ1) is 5.40. The molecule has 0 spiro atoms. The van der Waals surface area contributed by atoms with E-state index < -0.39 is 0 Å². The Kier molecular flexibility index (Phi) is 2.11. The summed E-state index contributed by atoms with van der Waals surface area (Å²) in [5.74, 6) is 0. The van der Waals surface area contributed by atoms with Crippen LogP contribution in [-0.4, -0.2) is 43.3 Å². The third-order valence-corrected chi connectivity index (χ3v) is 2.50. The van der Waals surface area contributed by atoms with E-state index in [1.807, 2.05) is 0 Å². The lowest BCUT2D eigenvalue weighted by atomic mass is 10.2. The summed E-state index contributed by atoms with van der Waals surface area (Å²) in [6.07, 6.45) is 3.07. The molecule has 1 saturated heterocycles. The standard InChI is InChI=1S/C8H16N2O/c9-5-8-6-10(3-4-11-8)7-1-2-7/h7-8H,1-6,9H2/t8-/m1/s1. The molecule has 3 nitrogen and oxygen atoms in total. The molecule has 0 amide bonds. The predicted molar refractivity (Wildman–Crippen MR) is 43.4 cm³/mol. The first-order valence-corrected chi connectivity index (χ1v) is 4.46. The van der Waals surface area contributed by atoms with Crippen LogP contribution in [0.2, 0.25) is 0 Å². The van der Waals surface area contributed by atoms with E-state index in [1.165, 1.54) is 12.8 Å². The average molecular weight is 156 g/mol. The van der Waals surface area contributed by atoms with Crippen molar-refractivity contribution in [1.29, 1.82) is 0 Å². The van der Waals surface area contributed by atoms with Gasteiger partial charge in [0, 0.05) is 25.7 Å². The number of nitrogens with two attached hydrogens (primary N) is 1. The highest BCUT2D eigenvalue weighted by Crippen LogP contribution is 2.27. The highest BCUT2D eigenvalue weighted by Gasteiger charge is 2.32. The maximum absolute atomic E-state index is 5.53. The summed E-state index contributed by atoms with van der Waals surface area (Å²) in [5.41, 5.74) is 5.53. The van der Waals surface area contributed by atoms with Gasteiger partial charge in [-0.1, -0.05) is 0 Å². The predicted octanol–water partition coefficient (Wildman–Crippen LogP) is -0.192. The summed E-state index contributed by atoms with van der Waals surface area (Å²) >= 11 is 0. The van der Waals surface area contributed by atoms with Crippen LogP contribution in [0.25, 0.3) is 0 Å². The van der Waals surface area contributed by atoms with Crippen LogP contribution in [0.4, 0.5) is 0 Å². The van der Waals surface area contributed by atoms with Crippen molar-refractivity contribution in [1.82, 2.24) is 4.90 Å². The van der Waals surface area contributed by atoms with Crippen LogP contribution in [-0.2, 0) is 4.74 Å². The normalized spacial score (nSPS) is 34.1. The smallest absolute Gasteiger partial charge is 0.0824 e. The molecule has 64 valence electrons. The van der Waals surface area contributed by atoms with Gasteiger partial charge < -0.3 is 10.5 Å². The number of nitrogens with zero attached hydrogens (tertiary/aromatic N) is 1. The minimum atomic E-state index is 0.296. The van der Waals surface area contributed by atoms with Crippen molar-refractivity contribution in [2.75, 3.05) is 26.2 Å². The van der Waals surface area contributed by atoms with E-state index >= 15 is 0 Å². The highest BCUT2D eigenvalue weighted by molar-refractivity contribution is 4.87. The number of ether oxygens (including phenoxy) is 1. The van der Waals surface area contributed by atoms with Crippen LogP contribution in [0.3, 0.4) is 0 Å². The van der Waals surface area contributed by atoms with Crippen molar-refractivity contribution in [3.63, 3.8) is 0 Å². The van der Waals surface area contributed by atoms with E-state index in [0.29, 0.717) is 12.6 Å². The fraction of sp³-hybridized carbons (Fsp3) is 1.00. The van der Waals surface area contributed by atoms with Gasteiger partial charge in [-0.05, 0) is 12.8 Å². The Hall–Kier alpha value is -0.120. The molecular formula is C8H16N2O. The SMILES string of the molecule is NC[C@@H]1CN(C2CC2)CCO1.